The van der Waals surface area contributed by atoms with Crippen LogP contribution in [0, 0.1) is 0 Å². The van der Waals surface area contributed by atoms with Gasteiger partial charge < -0.3 is 0 Å². The molecule has 0 atom stereocenters. The van der Waals surface area contributed by atoms with Crippen LogP contribution in [0.25, 0.3) is 5.82 Å². The number of carbonyl (C=O) groups is 1. The SMILES string of the molecule is O=Cc1ccc(-n2ccc(Br)n2)nc1. The van der Waals surface area contributed by atoms with E-state index >= 15 is 0 Å². The minimum atomic E-state index is 0.556. The van der Waals surface area contributed by atoms with Crippen LogP contribution in [0.1, 0.15) is 10.4 Å². The van der Waals surface area contributed by atoms with E-state index < -0.39 is 0 Å². The van der Waals surface area contributed by atoms with Crippen molar-refractivity contribution in [2.24, 2.45) is 0 Å². The standard InChI is InChI=1S/C9H6BrN3O/c10-8-3-4-13(12-8)9-2-1-7(6-14)5-11-9/h1-6H. The number of aldehydes is 1. The van der Waals surface area contributed by atoms with E-state index in [1.165, 1.54) is 6.20 Å². The van der Waals surface area contributed by atoms with E-state index in [0.717, 1.165) is 10.9 Å². The maximum Gasteiger partial charge on any atom is 0.153 e. The molecule has 0 N–H and O–H groups in total. The fourth-order valence-corrected chi connectivity index (χ4v) is 1.32. The summed E-state index contributed by atoms with van der Waals surface area (Å²) in [5.41, 5.74) is 0.556. The number of aromatic nitrogens is 3. The van der Waals surface area contributed by atoms with E-state index in [0.29, 0.717) is 11.4 Å². The second-order valence-corrected chi connectivity index (χ2v) is 3.46. The maximum absolute atomic E-state index is 10.4. The van der Waals surface area contributed by atoms with Crippen molar-refractivity contribution in [3.05, 3.63) is 40.8 Å². The van der Waals surface area contributed by atoms with Crippen molar-refractivity contribution in [1.29, 1.82) is 0 Å². The van der Waals surface area contributed by atoms with Gasteiger partial charge in [0.1, 0.15) is 4.60 Å². The molecule has 14 heavy (non-hydrogen) atoms. The predicted octanol–water partition coefficient (Wildman–Crippen LogP) is 1.84. The maximum atomic E-state index is 10.4. The lowest BCUT2D eigenvalue weighted by molar-refractivity contribution is 0.112. The van der Waals surface area contributed by atoms with Crippen molar-refractivity contribution < 1.29 is 4.79 Å². The second kappa shape index (κ2) is 3.71. The Kier molecular flexibility index (Phi) is 2.41. The molecule has 0 amide bonds. The van der Waals surface area contributed by atoms with Crippen molar-refractivity contribution in [1.82, 2.24) is 14.8 Å². The first kappa shape index (κ1) is 9.08. The summed E-state index contributed by atoms with van der Waals surface area (Å²) >= 11 is 3.24. The molecule has 2 rings (SSSR count). The Morgan fingerprint density at radius 1 is 1.36 bits per heavy atom. The number of carbonyl (C=O) groups excluding carboxylic acids is 1. The van der Waals surface area contributed by atoms with Gasteiger partial charge in [-0.05, 0) is 34.1 Å². The molecule has 0 spiro atoms. The Morgan fingerprint density at radius 3 is 2.71 bits per heavy atom. The molecule has 0 radical (unpaired) electrons. The lowest BCUT2D eigenvalue weighted by Crippen LogP contribution is -1.98. The van der Waals surface area contributed by atoms with E-state index in [-0.39, 0.29) is 0 Å². The summed E-state index contributed by atoms with van der Waals surface area (Å²) in [5, 5.41) is 4.12. The highest BCUT2D eigenvalue weighted by atomic mass is 79.9. The molecule has 2 aromatic rings. The minimum absolute atomic E-state index is 0.556. The van der Waals surface area contributed by atoms with Crippen LogP contribution in [-0.2, 0) is 0 Å². The topological polar surface area (TPSA) is 47.8 Å². The fraction of sp³-hybridized carbons (Fsp3) is 0. The van der Waals surface area contributed by atoms with Gasteiger partial charge in [0.05, 0.1) is 0 Å². The average Bonchev–Trinajstić information content (AvgIpc) is 2.65. The fourth-order valence-electron chi connectivity index (χ4n) is 1.03. The molecular weight excluding hydrogens is 246 g/mol. The zero-order valence-corrected chi connectivity index (χ0v) is 8.68. The van der Waals surface area contributed by atoms with Gasteiger partial charge in [0, 0.05) is 18.0 Å². The highest BCUT2D eigenvalue weighted by Crippen LogP contribution is 2.08. The van der Waals surface area contributed by atoms with Crippen LogP contribution in [0.5, 0.6) is 0 Å². The van der Waals surface area contributed by atoms with E-state index in [1.54, 1.807) is 23.0 Å². The average molecular weight is 252 g/mol. The van der Waals surface area contributed by atoms with Crippen LogP contribution in [0.2, 0.25) is 0 Å². The Balaban J connectivity index is 2.38. The van der Waals surface area contributed by atoms with Gasteiger partial charge in [-0.25, -0.2) is 9.67 Å². The second-order valence-electron chi connectivity index (χ2n) is 2.65. The number of nitrogens with zero attached hydrogens (tertiary/aromatic N) is 3. The summed E-state index contributed by atoms with van der Waals surface area (Å²) < 4.78 is 2.37. The van der Waals surface area contributed by atoms with Gasteiger partial charge in [-0.15, -0.1) is 0 Å². The van der Waals surface area contributed by atoms with E-state index in [2.05, 4.69) is 26.0 Å². The molecule has 0 unspecified atom stereocenters. The quantitative estimate of drug-likeness (QED) is 0.766. The lowest BCUT2D eigenvalue weighted by Gasteiger charge is -1.98. The zero-order chi connectivity index (χ0) is 9.97. The molecule has 5 heteroatoms. The summed E-state index contributed by atoms with van der Waals surface area (Å²) in [6, 6.07) is 5.25. The normalized spacial score (nSPS) is 10.1. The summed E-state index contributed by atoms with van der Waals surface area (Å²) in [6.45, 7) is 0. The molecule has 0 fully saturated rings. The minimum Gasteiger partial charge on any atom is -0.298 e. The summed E-state index contributed by atoms with van der Waals surface area (Å²) in [5.74, 6) is 0.682. The van der Waals surface area contributed by atoms with Crippen molar-refractivity contribution in [2.45, 2.75) is 0 Å². The number of hydrogen-bond donors (Lipinski definition) is 0. The van der Waals surface area contributed by atoms with Gasteiger partial charge in [-0.1, -0.05) is 0 Å². The number of halogens is 1. The van der Waals surface area contributed by atoms with Gasteiger partial charge >= 0.3 is 0 Å². The molecule has 0 saturated carbocycles. The lowest BCUT2D eigenvalue weighted by atomic mass is 10.3. The van der Waals surface area contributed by atoms with Crippen molar-refractivity contribution in [2.75, 3.05) is 0 Å². The van der Waals surface area contributed by atoms with Crippen LogP contribution in [0.15, 0.2) is 35.2 Å². The van der Waals surface area contributed by atoms with Crippen LogP contribution in [-0.4, -0.2) is 21.1 Å². The summed E-state index contributed by atoms with van der Waals surface area (Å²) in [6.07, 6.45) is 4.06. The van der Waals surface area contributed by atoms with E-state index in [9.17, 15) is 4.79 Å². The highest BCUT2D eigenvalue weighted by molar-refractivity contribution is 9.10. The van der Waals surface area contributed by atoms with Crippen LogP contribution in [0.4, 0.5) is 0 Å². The Morgan fingerprint density at radius 2 is 2.21 bits per heavy atom. The molecule has 0 bridgehead atoms. The summed E-state index contributed by atoms with van der Waals surface area (Å²) in [4.78, 5) is 14.5. The monoisotopic (exact) mass is 251 g/mol. The molecular formula is C9H6BrN3O. The molecule has 70 valence electrons. The molecule has 0 aromatic carbocycles. The molecule has 2 aromatic heterocycles. The molecule has 2 heterocycles. The first-order valence-electron chi connectivity index (χ1n) is 3.92. The highest BCUT2D eigenvalue weighted by Gasteiger charge is 1.99. The third-order valence-corrected chi connectivity index (χ3v) is 2.12. The van der Waals surface area contributed by atoms with Gasteiger partial charge in [0.25, 0.3) is 0 Å². The van der Waals surface area contributed by atoms with E-state index in [1.807, 2.05) is 6.07 Å². The van der Waals surface area contributed by atoms with E-state index in [4.69, 9.17) is 0 Å². The third-order valence-electron chi connectivity index (χ3n) is 1.70. The van der Waals surface area contributed by atoms with Crippen LogP contribution >= 0.6 is 15.9 Å². The molecule has 4 nitrogen and oxygen atoms in total. The first-order valence-corrected chi connectivity index (χ1v) is 4.71. The van der Waals surface area contributed by atoms with Crippen molar-refractivity contribution in [3.63, 3.8) is 0 Å². The number of pyridine rings is 1. The Bertz CT molecular complexity index is 449. The first-order chi connectivity index (χ1) is 6.79. The van der Waals surface area contributed by atoms with Gasteiger partial charge in [0.15, 0.2) is 12.1 Å². The van der Waals surface area contributed by atoms with Crippen LogP contribution < -0.4 is 0 Å². The molecule has 0 aliphatic heterocycles. The van der Waals surface area contributed by atoms with Crippen LogP contribution in [0.3, 0.4) is 0 Å². The molecule has 0 saturated heterocycles. The predicted molar refractivity (Wildman–Crippen MR) is 54.4 cm³/mol. The van der Waals surface area contributed by atoms with Crippen molar-refractivity contribution in [3.8, 4) is 5.82 Å². The zero-order valence-electron chi connectivity index (χ0n) is 7.09. The third kappa shape index (κ3) is 1.72. The largest absolute Gasteiger partial charge is 0.298 e. The van der Waals surface area contributed by atoms with Crippen molar-refractivity contribution >= 4 is 22.2 Å². The Hall–Kier alpha value is -1.49. The Labute approximate surface area is 88.7 Å². The van der Waals surface area contributed by atoms with Gasteiger partial charge in [0.2, 0.25) is 0 Å². The smallest absolute Gasteiger partial charge is 0.153 e. The van der Waals surface area contributed by atoms with Gasteiger partial charge in [-0.2, -0.15) is 5.10 Å². The number of hydrogen-bond acceptors (Lipinski definition) is 3. The summed E-state index contributed by atoms with van der Waals surface area (Å²) in [7, 11) is 0. The van der Waals surface area contributed by atoms with Gasteiger partial charge in [-0.3, -0.25) is 4.79 Å². The molecule has 0 aliphatic carbocycles. The molecule has 0 aliphatic rings. The number of rotatable bonds is 2.